The zero-order valence-corrected chi connectivity index (χ0v) is 10.8. The topological polar surface area (TPSA) is 37.5 Å². The van der Waals surface area contributed by atoms with Crippen LogP contribution in [0.1, 0.15) is 19.0 Å². The van der Waals surface area contributed by atoms with E-state index in [-0.39, 0.29) is 5.75 Å². The summed E-state index contributed by atoms with van der Waals surface area (Å²) in [4.78, 5) is 4.36. The van der Waals surface area contributed by atoms with Gasteiger partial charge in [-0.1, -0.05) is 25.1 Å². The SMILES string of the molecule is CCCN=c1ccn(-c2ccccc2)c(C)c1O. The Hall–Kier alpha value is -2.03. The smallest absolute Gasteiger partial charge is 0.160 e. The van der Waals surface area contributed by atoms with E-state index in [4.69, 9.17) is 0 Å². The van der Waals surface area contributed by atoms with Crippen LogP contribution in [0.3, 0.4) is 0 Å². The predicted molar refractivity (Wildman–Crippen MR) is 72.9 cm³/mol. The fourth-order valence-corrected chi connectivity index (χ4v) is 1.86. The summed E-state index contributed by atoms with van der Waals surface area (Å²) in [5, 5.41) is 10.8. The molecular formula is C15H18N2O. The van der Waals surface area contributed by atoms with Crippen molar-refractivity contribution in [1.82, 2.24) is 4.57 Å². The monoisotopic (exact) mass is 242 g/mol. The van der Waals surface area contributed by atoms with Crippen molar-refractivity contribution >= 4 is 0 Å². The highest BCUT2D eigenvalue weighted by Gasteiger charge is 2.04. The summed E-state index contributed by atoms with van der Waals surface area (Å²) < 4.78 is 1.96. The van der Waals surface area contributed by atoms with Crippen LogP contribution >= 0.6 is 0 Å². The highest BCUT2D eigenvalue weighted by atomic mass is 16.3. The number of para-hydroxylation sites is 1. The van der Waals surface area contributed by atoms with Crippen molar-refractivity contribution in [3.05, 3.63) is 53.6 Å². The summed E-state index contributed by atoms with van der Waals surface area (Å²) in [6, 6.07) is 11.8. The molecule has 3 nitrogen and oxygen atoms in total. The van der Waals surface area contributed by atoms with E-state index in [9.17, 15) is 5.11 Å². The molecular weight excluding hydrogens is 224 g/mol. The van der Waals surface area contributed by atoms with Crippen molar-refractivity contribution in [2.75, 3.05) is 6.54 Å². The number of aromatic nitrogens is 1. The molecule has 0 spiro atoms. The Kier molecular flexibility index (Phi) is 3.82. The fourth-order valence-electron chi connectivity index (χ4n) is 1.86. The number of aromatic hydroxyl groups is 1. The summed E-state index contributed by atoms with van der Waals surface area (Å²) >= 11 is 0. The summed E-state index contributed by atoms with van der Waals surface area (Å²) in [5.74, 6) is 0.259. The van der Waals surface area contributed by atoms with Gasteiger partial charge in [-0.05, 0) is 31.5 Å². The van der Waals surface area contributed by atoms with Crippen molar-refractivity contribution in [3.63, 3.8) is 0 Å². The Labute approximate surface area is 107 Å². The standard InChI is InChI=1S/C15H18N2O/c1-3-10-16-14-9-11-17(12(2)15(14)18)13-7-5-4-6-8-13/h4-9,11,18H,3,10H2,1-2H3. The number of benzene rings is 1. The number of nitrogens with zero attached hydrogens (tertiary/aromatic N) is 2. The van der Waals surface area contributed by atoms with Crippen LogP contribution in [0.25, 0.3) is 5.69 Å². The van der Waals surface area contributed by atoms with Crippen LogP contribution in [0.15, 0.2) is 47.6 Å². The molecule has 0 bridgehead atoms. The van der Waals surface area contributed by atoms with Crippen molar-refractivity contribution in [1.29, 1.82) is 0 Å². The Morgan fingerprint density at radius 2 is 1.89 bits per heavy atom. The molecule has 2 rings (SSSR count). The molecule has 0 amide bonds. The zero-order chi connectivity index (χ0) is 13.0. The second-order valence-electron chi connectivity index (χ2n) is 4.22. The molecule has 0 saturated heterocycles. The van der Waals surface area contributed by atoms with Gasteiger partial charge in [-0.3, -0.25) is 4.99 Å². The zero-order valence-electron chi connectivity index (χ0n) is 10.8. The Morgan fingerprint density at radius 1 is 1.17 bits per heavy atom. The minimum atomic E-state index is 0.259. The quantitative estimate of drug-likeness (QED) is 0.883. The van der Waals surface area contributed by atoms with Gasteiger partial charge in [-0.25, -0.2) is 0 Å². The van der Waals surface area contributed by atoms with Crippen LogP contribution in [-0.2, 0) is 0 Å². The third-order valence-electron chi connectivity index (χ3n) is 2.87. The van der Waals surface area contributed by atoms with Gasteiger partial charge >= 0.3 is 0 Å². The van der Waals surface area contributed by atoms with Gasteiger partial charge in [0.2, 0.25) is 0 Å². The molecule has 0 aliphatic carbocycles. The van der Waals surface area contributed by atoms with E-state index in [0.29, 0.717) is 5.36 Å². The van der Waals surface area contributed by atoms with E-state index in [0.717, 1.165) is 24.3 Å². The minimum absolute atomic E-state index is 0.259. The lowest BCUT2D eigenvalue weighted by molar-refractivity contribution is 0.456. The Balaban J connectivity index is 2.51. The van der Waals surface area contributed by atoms with E-state index >= 15 is 0 Å². The van der Waals surface area contributed by atoms with Crippen LogP contribution in [0.2, 0.25) is 0 Å². The van der Waals surface area contributed by atoms with Crippen LogP contribution < -0.4 is 5.36 Å². The molecule has 0 aliphatic rings. The van der Waals surface area contributed by atoms with E-state index in [1.54, 1.807) is 0 Å². The molecule has 0 radical (unpaired) electrons. The molecule has 1 aromatic heterocycles. The molecule has 0 fully saturated rings. The summed E-state index contributed by atoms with van der Waals surface area (Å²) in [6.07, 6.45) is 2.92. The second-order valence-corrected chi connectivity index (χ2v) is 4.22. The third-order valence-corrected chi connectivity index (χ3v) is 2.87. The van der Waals surface area contributed by atoms with Crippen molar-refractivity contribution in [3.8, 4) is 11.4 Å². The van der Waals surface area contributed by atoms with E-state index in [2.05, 4.69) is 11.9 Å². The molecule has 0 unspecified atom stereocenters. The van der Waals surface area contributed by atoms with Gasteiger partial charge in [0, 0.05) is 18.4 Å². The van der Waals surface area contributed by atoms with E-state index in [1.807, 2.05) is 54.1 Å². The summed E-state index contributed by atoms with van der Waals surface area (Å²) in [5.41, 5.74) is 1.84. The fraction of sp³-hybridized carbons (Fsp3) is 0.267. The molecule has 0 saturated carbocycles. The highest BCUT2D eigenvalue weighted by Crippen LogP contribution is 2.15. The molecule has 1 heterocycles. The first-order chi connectivity index (χ1) is 8.74. The molecule has 94 valence electrons. The summed E-state index contributed by atoms with van der Waals surface area (Å²) in [6.45, 7) is 4.70. The van der Waals surface area contributed by atoms with Crippen molar-refractivity contribution in [2.45, 2.75) is 20.3 Å². The molecule has 2 aromatic rings. The first-order valence-corrected chi connectivity index (χ1v) is 6.21. The maximum atomic E-state index is 10.2. The molecule has 0 aliphatic heterocycles. The lowest BCUT2D eigenvalue weighted by atomic mass is 10.2. The minimum Gasteiger partial charge on any atom is -0.504 e. The van der Waals surface area contributed by atoms with Gasteiger partial charge in [0.05, 0.1) is 5.69 Å². The highest BCUT2D eigenvalue weighted by molar-refractivity contribution is 5.38. The Bertz CT molecular complexity index is 585. The first-order valence-electron chi connectivity index (χ1n) is 6.21. The lowest BCUT2D eigenvalue weighted by Crippen LogP contribution is -2.10. The van der Waals surface area contributed by atoms with Crippen LogP contribution in [0.5, 0.6) is 5.75 Å². The molecule has 1 aromatic carbocycles. The Morgan fingerprint density at radius 3 is 2.56 bits per heavy atom. The molecule has 3 heteroatoms. The van der Waals surface area contributed by atoms with Gasteiger partial charge in [-0.15, -0.1) is 0 Å². The maximum absolute atomic E-state index is 10.2. The van der Waals surface area contributed by atoms with Crippen LogP contribution in [0.4, 0.5) is 0 Å². The van der Waals surface area contributed by atoms with Gasteiger partial charge in [0.1, 0.15) is 5.36 Å². The van der Waals surface area contributed by atoms with Crippen LogP contribution in [-0.4, -0.2) is 16.2 Å². The number of hydrogen-bond acceptors (Lipinski definition) is 2. The van der Waals surface area contributed by atoms with Crippen molar-refractivity contribution < 1.29 is 5.11 Å². The average molecular weight is 242 g/mol. The summed E-state index contributed by atoms with van der Waals surface area (Å²) in [7, 11) is 0. The first kappa shape index (κ1) is 12.4. The van der Waals surface area contributed by atoms with E-state index < -0.39 is 0 Å². The van der Waals surface area contributed by atoms with Gasteiger partial charge in [0.15, 0.2) is 5.75 Å². The van der Waals surface area contributed by atoms with Gasteiger partial charge in [0.25, 0.3) is 0 Å². The number of hydrogen-bond donors (Lipinski definition) is 1. The molecule has 1 N–H and O–H groups in total. The van der Waals surface area contributed by atoms with Crippen molar-refractivity contribution in [2.24, 2.45) is 4.99 Å². The van der Waals surface area contributed by atoms with Gasteiger partial charge < -0.3 is 9.67 Å². The largest absolute Gasteiger partial charge is 0.504 e. The predicted octanol–water partition coefficient (Wildman–Crippen LogP) is 2.80. The number of rotatable bonds is 3. The third kappa shape index (κ3) is 2.45. The normalized spacial score (nSPS) is 11.8. The van der Waals surface area contributed by atoms with E-state index in [1.165, 1.54) is 0 Å². The average Bonchev–Trinajstić information content (AvgIpc) is 2.41. The van der Waals surface area contributed by atoms with Crippen LogP contribution in [0, 0.1) is 6.92 Å². The molecule has 18 heavy (non-hydrogen) atoms. The maximum Gasteiger partial charge on any atom is 0.160 e. The van der Waals surface area contributed by atoms with Gasteiger partial charge in [-0.2, -0.15) is 0 Å². The number of pyridine rings is 1. The lowest BCUT2D eigenvalue weighted by Gasteiger charge is -2.12. The second kappa shape index (κ2) is 5.54. The molecule has 0 atom stereocenters.